The molecule has 3 aromatic heterocycles. The SMILES string of the molecule is COc1ccc2nc(-c3cccnc3)nc(Nc3ccc4nonc4c3)c2c1. The Kier molecular flexibility index (Phi) is 3.79. The van der Waals surface area contributed by atoms with Crippen LogP contribution in [0.3, 0.4) is 0 Å². The highest BCUT2D eigenvalue weighted by molar-refractivity contribution is 5.94. The van der Waals surface area contributed by atoms with Crippen molar-refractivity contribution in [2.45, 2.75) is 0 Å². The molecule has 1 N–H and O–H groups in total. The summed E-state index contributed by atoms with van der Waals surface area (Å²) in [6, 6.07) is 15.0. The zero-order chi connectivity index (χ0) is 18.9. The number of hydrogen-bond donors (Lipinski definition) is 1. The molecule has 0 saturated carbocycles. The van der Waals surface area contributed by atoms with Crippen LogP contribution < -0.4 is 10.1 Å². The largest absolute Gasteiger partial charge is 0.497 e. The second kappa shape index (κ2) is 6.58. The average molecular weight is 370 g/mol. The van der Waals surface area contributed by atoms with E-state index >= 15 is 0 Å². The number of pyridine rings is 1. The van der Waals surface area contributed by atoms with Gasteiger partial charge in [0.05, 0.1) is 12.6 Å². The molecule has 0 bridgehead atoms. The van der Waals surface area contributed by atoms with Crippen molar-refractivity contribution < 1.29 is 9.37 Å². The first-order valence-corrected chi connectivity index (χ1v) is 8.56. The lowest BCUT2D eigenvalue weighted by Gasteiger charge is -2.12. The molecule has 0 atom stereocenters. The van der Waals surface area contributed by atoms with E-state index in [1.54, 1.807) is 19.5 Å². The van der Waals surface area contributed by atoms with Crippen LogP contribution in [0.2, 0.25) is 0 Å². The van der Waals surface area contributed by atoms with Gasteiger partial charge in [-0.15, -0.1) is 0 Å². The lowest BCUT2D eigenvalue weighted by molar-refractivity contribution is 0.315. The summed E-state index contributed by atoms with van der Waals surface area (Å²) in [6.07, 6.45) is 3.46. The Bertz CT molecular complexity index is 1290. The normalized spacial score (nSPS) is 11.0. The number of benzene rings is 2. The third-order valence-corrected chi connectivity index (χ3v) is 4.34. The Labute approximate surface area is 159 Å². The first kappa shape index (κ1) is 16.1. The van der Waals surface area contributed by atoms with Crippen LogP contribution in [0.25, 0.3) is 33.3 Å². The van der Waals surface area contributed by atoms with Crippen LogP contribution >= 0.6 is 0 Å². The van der Waals surface area contributed by atoms with Crippen LogP contribution in [0.4, 0.5) is 11.5 Å². The van der Waals surface area contributed by atoms with Crippen LogP contribution in [0.15, 0.2) is 65.6 Å². The fourth-order valence-corrected chi connectivity index (χ4v) is 2.95. The minimum atomic E-state index is 0.581. The van der Waals surface area contributed by atoms with Crippen molar-refractivity contribution in [2.75, 3.05) is 12.4 Å². The third-order valence-electron chi connectivity index (χ3n) is 4.34. The molecule has 5 aromatic rings. The number of hydrogen-bond acceptors (Lipinski definition) is 8. The van der Waals surface area contributed by atoms with Gasteiger partial charge in [-0.2, -0.15) is 0 Å². The van der Waals surface area contributed by atoms with Gasteiger partial charge in [0.2, 0.25) is 0 Å². The number of aromatic nitrogens is 5. The summed E-state index contributed by atoms with van der Waals surface area (Å²) in [6.45, 7) is 0. The molecule has 0 fully saturated rings. The second-order valence-electron chi connectivity index (χ2n) is 6.11. The number of ether oxygens (including phenoxy) is 1. The lowest BCUT2D eigenvalue weighted by atomic mass is 10.2. The van der Waals surface area contributed by atoms with Gasteiger partial charge in [0.25, 0.3) is 0 Å². The van der Waals surface area contributed by atoms with Gasteiger partial charge in [-0.25, -0.2) is 14.6 Å². The first-order valence-electron chi connectivity index (χ1n) is 8.56. The predicted molar refractivity (Wildman–Crippen MR) is 104 cm³/mol. The first-order chi connectivity index (χ1) is 13.8. The third kappa shape index (κ3) is 2.86. The van der Waals surface area contributed by atoms with E-state index in [0.29, 0.717) is 22.7 Å². The highest BCUT2D eigenvalue weighted by Crippen LogP contribution is 2.30. The molecule has 3 heterocycles. The summed E-state index contributed by atoms with van der Waals surface area (Å²) in [4.78, 5) is 13.6. The Hall–Kier alpha value is -4.07. The molecule has 8 nitrogen and oxygen atoms in total. The van der Waals surface area contributed by atoms with Gasteiger partial charge in [-0.05, 0) is 58.8 Å². The van der Waals surface area contributed by atoms with E-state index < -0.39 is 0 Å². The van der Waals surface area contributed by atoms with E-state index in [4.69, 9.17) is 14.3 Å². The maximum atomic E-state index is 5.37. The summed E-state index contributed by atoms with van der Waals surface area (Å²) in [5, 5.41) is 11.9. The number of fused-ring (bicyclic) bond motifs is 2. The summed E-state index contributed by atoms with van der Waals surface area (Å²) >= 11 is 0. The Morgan fingerprint density at radius 1 is 0.929 bits per heavy atom. The van der Waals surface area contributed by atoms with E-state index in [1.165, 1.54) is 0 Å². The van der Waals surface area contributed by atoms with Crippen LogP contribution in [-0.4, -0.2) is 32.4 Å². The Morgan fingerprint density at radius 3 is 2.68 bits per heavy atom. The van der Waals surface area contributed by atoms with Crippen molar-refractivity contribution in [1.82, 2.24) is 25.3 Å². The van der Waals surface area contributed by atoms with Gasteiger partial charge in [0.1, 0.15) is 22.6 Å². The van der Waals surface area contributed by atoms with Gasteiger partial charge >= 0.3 is 0 Å². The molecule has 0 aliphatic carbocycles. The zero-order valence-electron chi connectivity index (χ0n) is 14.8. The maximum absolute atomic E-state index is 5.37. The molecule has 8 heteroatoms. The van der Waals surface area contributed by atoms with Crippen LogP contribution in [0, 0.1) is 0 Å². The van der Waals surface area contributed by atoms with E-state index in [9.17, 15) is 0 Å². The minimum Gasteiger partial charge on any atom is -0.497 e. The van der Waals surface area contributed by atoms with Crippen molar-refractivity contribution in [3.63, 3.8) is 0 Å². The average Bonchev–Trinajstić information content (AvgIpc) is 3.22. The molecule has 0 amide bonds. The highest BCUT2D eigenvalue weighted by atomic mass is 16.6. The molecule has 5 rings (SSSR count). The number of anilines is 2. The van der Waals surface area contributed by atoms with E-state index in [-0.39, 0.29) is 0 Å². The lowest BCUT2D eigenvalue weighted by Crippen LogP contribution is -2.00. The molecular formula is C20H14N6O2. The van der Waals surface area contributed by atoms with Gasteiger partial charge < -0.3 is 10.1 Å². The van der Waals surface area contributed by atoms with Gasteiger partial charge in [-0.1, -0.05) is 0 Å². The summed E-state index contributed by atoms with van der Waals surface area (Å²) in [7, 11) is 1.63. The Balaban J connectivity index is 1.67. The van der Waals surface area contributed by atoms with Crippen molar-refractivity contribution in [1.29, 1.82) is 0 Å². The fourth-order valence-electron chi connectivity index (χ4n) is 2.95. The quantitative estimate of drug-likeness (QED) is 0.507. The summed E-state index contributed by atoms with van der Waals surface area (Å²) < 4.78 is 10.1. The summed E-state index contributed by atoms with van der Waals surface area (Å²) in [5.41, 5.74) is 3.79. The number of methoxy groups -OCH3 is 1. The van der Waals surface area contributed by atoms with Gasteiger partial charge in [0.15, 0.2) is 5.82 Å². The van der Waals surface area contributed by atoms with E-state index in [0.717, 1.165) is 27.9 Å². The maximum Gasteiger partial charge on any atom is 0.163 e. The number of rotatable bonds is 4. The highest BCUT2D eigenvalue weighted by Gasteiger charge is 2.12. The van der Waals surface area contributed by atoms with E-state index in [1.807, 2.05) is 48.5 Å². The van der Waals surface area contributed by atoms with Gasteiger partial charge in [0, 0.05) is 29.0 Å². The molecule has 28 heavy (non-hydrogen) atoms. The molecule has 0 saturated heterocycles. The molecule has 136 valence electrons. The molecule has 0 aliphatic rings. The van der Waals surface area contributed by atoms with Crippen molar-refractivity contribution in [2.24, 2.45) is 0 Å². The monoisotopic (exact) mass is 370 g/mol. The van der Waals surface area contributed by atoms with Crippen LogP contribution in [0.1, 0.15) is 0 Å². The molecule has 0 spiro atoms. The second-order valence-corrected chi connectivity index (χ2v) is 6.11. The van der Waals surface area contributed by atoms with Crippen LogP contribution in [0.5, 0.6) is 5.75 Å². The molecular weight excluding hydrogens is 356 g/mol. The smallest absolute Gasteiger partial charge is 0.163 e. The molecule has 2 aromatic carbocycles. The number of nitrogens with zero attached hydrogens (tertiary/aromatic N) is 5. The predicted octanol–water partition coefficient (Wildman–Crippen LogP) is 3.98. The van der Waals surface area contributed by atoms with Crippen molar-refractivity contribution in [3.05, 3.63) is 60.9 Å². The van der Waals surface area contributed by atoms with Crippen molar-refractivity contribution >= 4 is 33.4 Å². The van der Waals surface area contributed by atoms with E-state index in [2.05, 4.69) is 25.6 Å². The molecule has 0 radical (unpaired) electrons. The molecule has 0 aliphatic heterocycles. The molecule has 0 unspecified atom stereocenters. The van der Waals surface area contributed by atoms with Crippen LogP contribution in [-0.2, 0) is 0 Å². The topological polar surface area (TPSA) is 98.9 Å². The van der Waals surface area contributed by atoms with Gasteiger partial charge in [-0.3, -0.25) is 4.98 Å². The van der Waals surface area contributed by atoms with Crippen molar-refractivity contribution in [3.8, 4) is 17.1 Å². The zero-order valence-corrected chi connectivity index (χ0v) is 14.8. The Morgan fingerprint density at radius 2 is 1.82 bits per heavy atom. The summed E-state index contributed by atoms with van der Waals surface area (Å²) in [5.74, 6) is 1.96. The standard InChI is InChI=1S/C20H14N6O2/c1-27-14-5-7-16-15(10-14)20(24-19(23-16)12-3-2-8-21-11-12)22-13-4-6-17-18(9-13)26-28-25-17/h2-11H,1H3,(H,22,23,24). The fraction of sp³-hybridized carbons (Fsp3) is 0.0500. The minimum absolute atomic E-state index is 0.581. The number of nitrogens with one attached hydrogen (secondary N) is 1.